The predicted molar refractivity (Wildman–Crippen MR) is 61.0 cm³/mol. The van der Waals surface area contributed by atoms with Crippen LogP contribution in [0.2, 0.25) is 0 Å². The zero-order chi connectivity index (χ0) is 10.4. The molecule has 1 aliphatic heterocycles. The monoisotopic (exact) mass is 219 g/mol. The van der Waals surface area contributed by atoms with Crippen LogP contribution >= 0.6 is 11.6 Å². The van der Waals surface area contributed by atoms with Crippen molar-refractivity contribution in [3.8, 4) is 0 Å². The van der Waals surface area contributed by atoms with Gasteiger partial charge in [-0.05, 0) is 32.6 Å². The highest BCUT2D eigenvalue weighted by molar-refractivity contribution is 6.18. The molecule has 0 aromatic carbocycles. The second kappa shape index (κ2) is 6.65. The van der Waals surface area contributed by atoms with Gasteiger partial charge >= 0.3 is 0 Å². The second-order valence-corrected chi connectivity index (χ2v) is 4.71. The van der Waals surface area contributed by atoms with Crippen LogP contribution < -0.4 is 0 Å². The summed E-state index contributed by atoms with van der Waals surface area (Å²) in [5, 5.41) is 0. The van der Waals surface area contributed by atoms with Crippen LogP contribution in [0.4, 0.5) is 0 Å². The Hall–Kier alpha value is 0.210. The van der Waals surface area contributed by atoms with E-state index >= 15 is 0 Å². The molecule has 0 saturated carbocycles. The molecule has 0 bridgehead atoms. The van der Waals surface area contributed by atoms with Gasteiger partial charge in [-0.25, -0.2) is 0 Å². The van der Waals surface area contributed by atoms with E-state index in [1.807, 2.05) is 0 Å². The summed E-state index contributed by atoms with van der Waals surface area (Å²) in [7, 11) is 0. The van der Waals surface area contributed by atoms with E-state index in [9.17, 15) is 0 Å². The van der Waals surface area contributed by atoms with Gasteiger partial charge in [0.05, 0.1) is 0 Å². The first kappa shape index (κ1) is 12.3. The van der Waals surface area contributed by atoms with Crippen LogP contribution in [-0.4, -0.2) is 43.1 Å². The van der Waals surface area contributed by atoms with Crippen LogP contribution in [0.25, 0.3) is 0 Å². The summed E-state index contributed by atoms with van der Waals surface area (Å²) in [6.07, 6.45) is 2.43. The standard InChI is InChI=1S/C11H22ClNO/c1-10(2)13(6-5-12)9-11-3-7-14-8-4-11/h10-11H,3-9H2,1-2H3. The lowest BCUT2D eigenvalue weighted by molar-refractivity contribution is 0.0489. The van der Waals surface area contributed by atoms with Gasteiger partial charge in [0.2, 0.25) is 0 Å². The first-order valence-corrected chi connectivity index (χ1v) is 6.15. The maximum Gasteiger partial charge on any atom is 0.0469 e. The minimum atomic E-state index is 0.608. The summed E-state index contributed by atoms with van der Waals surface area (Å²) in [4.78, 5) is 2.48. The molecular formula is C11H22ClNO. The van der Waals surface area contributed by atoms with E-state index in [4.69, 9.17) is 16.3 Å². The molecule has 1 saturated heterocycles. The lowest BCUT2D eigenvalue weighted by Gasteiger charge is -2.31. The van der Waals surface area contributed by atoms with Gasteiger partial charge in [0.25, 0.3) is 0 Å². The smallest absolute Gasteiger partial charge is 0.0469 e. The lowest BCUT2D eigenvalue weighted by Crippen LogP contribution is -2.38. The van der Waals surface area contributed by atoms with Crippen LogP contribution in [0.5, 0.6) is 0 Å². The highest BCUT2D eigenvalue weighted by Crippen LogP contribution is 2.17. The molecule has 3 heteroatoms. The lowest BCUT2D eigenvalue weighted by atomic mass is 9.99. The summed E-state index contributed by atoms with van der Waals surface area (Å²) in [5.41, 5.74) is 0. The molecule has 0 aliphatic carbocycles. The normalized spacial score (nSPS) is 19.5. The highest BCUT2D eigenvalue weighted by Gasteiger charge is 2.18. The Morgan fingerprint density at radius 2 is 2.00 bits per heavy atom. The fraction of sp³-hybridized carbons (Fsp3) is 1.00. The van der Waals surface area contributed by atoms with Crippen LogP contribution in [0.3, 0.4) is 0 Å². The Morgan fingerprint density at radius 3 is 2.50 bits per heavy atom. The third-order valence-corrected chi connectivity index (χ3v) is 3.10. The number of hydrogen-bond acceptors (Lipinski definition) is 2. The molecule has 0 amide bonds. The number of ether oxygens (including phenoxy) is 1. The predicted octanol–water partition coefficient (Wildman–Crippen LogP) is 2.36. The third kappa shape index (κ3) is 4.16. The van der Waals surface area contributed by atoms with Crippen molar-refractivity contribution in [2.45, 2.75) is 32.7 Å². The van der Waals surface area contributed by atoms with Crippen molar-refractivity contribution in [1.82, 2.24) is 4.90 Å². The number of rotatable bonds is 5. The molecule has 1 fully saturated rings. The Bertz CT molecular complexity index is 146. The molecule has 0 atom stereocenters. The van der Waals surface area contributed by atoms with Crippen molar-refractivity contribution in [3.05, 3.63) is 0 Å². The van der Waals surface area contributed by atoms with E-state index in [2.05, 4.69) is 18.7 Å². The van der Waals surface area contributed by atoms with E-state index in [1.54, 1.807) is 0 Å². The zero-order valence-corrected chi connectivity index (χ0v) is 10.1. The molecule has 14 heavy (non-hydrogen) atoms. The van der Waals surface area contributed by atoms with E-state index in [0.717, 1.165) is 31.6 Å². The molecule has 0 spiro atoms. The van der Waals surface area contributed by atoms with Gasteiger partial charge in [-0.15, -0.1) is 11.6 Å². The first-order chi connectivity index (χ1) is 6.74. The molecule has 1 aliphatic rings. The fourth-order valence-electron chi connectivity index (χ4n) is 1.93. The minimum Gasteiger partial charge on any atom is -0.381 e. The van der Waals surface area contributed by atoms with E-state index in [1.165, 1.54) is 19.4 Å². The largest absolute Gasteiger partial charge is 0.381 e. The van der Waals surface area contributed by atoms with Gasteiger partial charge in [-0.3, -0.25) is 4.90 Å². The number of hydrogen-bond donors (Lipinski definition) is 0. The average molecular weight is 220 g/mol. The number of halogens is 1. The average Bonchev–Trinajstić information content (AvgIpc) is 2.18. The van der Waals surface area contributed by atoms with Crippen molar-refractivity contribution in [2.24, 2.45) is 5.92 Å². The Balaban J connectivity index is 2.29. The van der Waals surface area contributed by atoms with E-state index < -0.39 is 0 Å². The number of alkyl halides is 1. The SMILES string of the molecule is CC(C)N(CCCl)CC1CCOCC1. The molecule has 84 valence electrons. The van der Waals surface area contributed by atoms with E-state index in [-0.39, 0.29) is 0 Å². The van der Waals surface area contributed by atoms with Crippen LogP contribution in [0.1, 0.15) is 26.7 Å². The van der Waals surface area contributed by atoms with Crippen molar-refractivity contribution >= 4 is 11.6 Å². The first-order valence-electron chi connectivity index (χ1n) is 5.61. The fourth-order valence-corrected chi connectivity index (χ4v) is 2.15. The van der Waals surface area contributed by atoms with Gasteiger partial charge in [-0.2, -0.15) is 0 Å². The van der Waals surface area contributed by atoms with E-state index in [0.29, 0.717) is 6.04 Å². The maximum atomic E-state index is 5.79. The van der Waals surface area contributed by atoms with Crippen LogP contribution in [0.15, 0.2) is 0 Å². The minimum absolute atomic E-state index is 0.608. The summed E-state index contributed by atoms with van der Waals surface area (Å²) in [6.45, 7) is 8.57. The molecular weight excluding hydrogens is 198 g/mol. The Labute approximate surface area is 92.6 Å². The molecule has 0 aromatic heterocycles. The van der Waals surface area contributed by atoms with Crippen molar-refractivity contribution in [3.63, 3.8) is 0 Å². The molecule has 2 nitrogen and oxygen atoms in total. The van der Waals surface area contributed by atoms with Gasteiger partial charge < -0.3 is 4.74 Å². The summed E-state index contributed by atoms with van der Waals surface area (Å²) in [5.74, 6) is 1.55. The van der Waals surface area contributed by atoms with Gasteiger partial charge in [0.15, 0.2) is 0 Å². The molecule has 0 aromatic rings. The van der Waals surface area contributed by atoms with Gasteiger partial charge in [0.1, 0.15) is 0 Å². The topological polar surface area (TPSA) is 12.5 Å². The van der Waals surface area contributed by atoms with Crippen LogP contribution in [-0.2, 0) is 4.74 Å². The van der Waals surface area contributed by atoms with Crippen molar-refractivity contribution in [2.75, 3.05) is 32.2 Å². The second-order valence-electron chi connectivity index (χ2n) is 4.33. The quantitative estimate of drug-likeness (QED) is 0.659. The van der Waals surface area contributed by atoms with Crippen molar-refractivity contribution in [1.29, 1.82) is 0 Å². The molecule has 0 radical (unpaired) electrons. The van der Waals surface area contributed by atoms with Crippen molar-refractivity contribution < 1.29 is 4.74 Å². The summed E-state index contributed by atoms with van der Waals surface area (Å²) < 4.78 is 5.36. The number of nitrogens with zero attached hydrogens (tertiary/aromatic N) is 1. The van der Waals surface area contributed by atoms with Gasteiger partial charge in [-0.1, -0.05) is 0 Å². The summed E-state index contributed by atoms with van der Waals surface area (Å²) in [6, 6.07) is 0.608. The zero-order valence-electron chi connectivity index (χ0n) is 9.34. The Morgan fingerprint density at radius 1 is 1.36 bits per heavy atom. The Kier molecular flexibility index (Phi) is 5.83. The molecule has 1 heterocycles. The highest BCUT2D eigenvalue weighted by atomic mass is 35.5. The summed E-state index contributed by atoms with van der Waals surface area (Å²) >= 11 is 5.79. The molecule has 1 rings (SSSR count). The third-order valence-electron chi connectivity index (χ3n) is 2.94. The molecule has 0 unspecified atom stereocenters. The van der Waals surface area contributed by atoms with Crippen LogP contribution in [0, 0.1) is 5.92 Å². The maximum absolute atomic E-state index is 5.79. The van der Waals surface area contributed by atoms with Gasteiger partial charge in [0, 0.05) is 38.2 Å². The molecule has 0 N–H and O–H groups in total.